The Balaban J connectivity index is 2.07. The largest absolute Gasteiger partial charge is 0.396 e. The zero-order valence-electron chi connectivity index (χ0n) is 9.37. The van der Waals surface area contributed by atoms with Crippen LogP contribution in [0.1, 0.15) is 39.0 Å². The quantitative estimate of drug-likeness (QED) is 0.729. The van der Waals surface area contributed by atoms with Crippen molar-refractivity contribution in [1.82, 2.24) is 5.32 Å². The molecular weight excluding hydrogens is 210 g/mol. The van der Waals surface area contributed by atoms with E-state index in [0.29, 0.717) is 17.0 Å². The Kier molecular flexibility index (Phi) is 6.10. The Morgan fingerprint density at radius 1 is 1.53 bits per heavy atom. The van der Waals surface area contributed by atoms with Gasteiger partial charge in [0.15, 0.2) is 0 Å². The maximum absolute atomic E-state index is 11.5. The molecule has 15 heavy (non-hydrogen) atoms. The predicted octanol–water partition coefficient (Wildman–Crippen LogP) is 1.55. The Hall–Kier alpha value is -0.220. The standard InChI is InChI=1S/C11H21NO2S/c1-9(6-7-13)15-8-11(14)12-10-4-2-3-5-10/h9-10,13H,2-8H2,1H3,(H,12,14). The van der Waals surface area contributed by atoms with Gasteiger partial charge in [-0.25, -0.2) is 0 Å². The fourth-order valence-electron chi connectivity index (χ4n) is 1.82. The highest BCUT2D eigenvalue weighted by Gasteiger charge is 2.17. The second-order valence-electron chi connectivity index (χ2n) is 4.18. The van der Waals surface area contributed by atoms with Crippen LogP contribution in [0.3, 0.4) is 0 Å². The van der Waals surface area contributed by atoms with Crippen molar-refractivity contribution in [3.63, 3.8) is 0 Å². The summed E-state index contributed by atoms with van der Waals surface area (Å²) in [5.74, 6) is 0.675. The summed E-state index contributed by atoms with van der Waals surface area (Å²) in [7, 11) is 0. The molecule has 0 aromatic heterocycles. The molecule has 0 aromatic rings. The van der Waals surface area contributed by atoms with Gasteiger partial charge in [0.1, 0.15) is 0 Å². The number of thioether (sulfide) groups is 1. The average molecular weight is 231 g/mol. The van der Waals surface area contributed by atoms with Gasteiger partial charge in [0.2, 0.25) is 5.91 Å². The van der Waals surface area contributed by atoms with E-state index in [4.69, 9.17) is 5.11 Å². The minimum atomic E-state index is 0.150. The van der Waals surface area contributed by atoms with Crippen molar-refractivity contribution in [3.05, 3.63) is 0 Å². The molecular formula is C11H21NO2S. The number of aliphatic hydroxyl groups excluding tert-OH is 1. The molecule has 88 valence electrons. The minimum absolute atomic E-state index is 0.150. The monoisotopic (exact) mass is 231 g/mol. The lowest BCUT2D eigenvalue weighted by atomic mass is 10.2. The minimum Gasteiger partial charge on any atom is -0.396 e. The van der Waals surface area contributed by atoms with Crippen molar-refractivity contribution in [2.45, 2.75) is 50.3 Å². The third kappa shape index (κ3) is 5.42. The first-order valence-electron chi connectivity index (χ1n) is 5.74. The number of carbonyl (C=O) groups is 1. The molecule has 1 unspecified atom stereocenters. The molecule has 1 saturated carbocycles. The number of rotatable bonds is 6. The van der Waals surface area contributed by atoms with Crippen LogP contribution in [-0.4, -0.2) is 34.7 Å². The summed E-state index contributed by atoms with van der Waals surface area (Å²) in [6, 6.07) is 0.422. The first-order chi connectivity index (χ1) is 7.22. The molecule has 1 amide bonds. The summed E-state index contributed by atoms with van der Waals surface area (Å²) >= 11 is 1.62. The molecule has 0 aromatic carbocycles. The van der Waals surface area contributed by atoms with Gasteiger partial charge >= 0.3 is 0 Å². The fraction of sp³-hybridized carbons (Fsp3) is 0.909. The van der Waals surface area contributed by atoms with E-state index in [1.807, 2.05) is 6.92 Å². The highest BCUT2D eigenvalue weighted by molar-refractivity contribution is 8.00. The number of hydrogen-bond donors (Lipinski definition) is 2. The summed E-state index contributed by atoms with van der Waals surface area (Å²) in [4.78, 5) is 11.5. The molecule has 1 atom stereocenters. The zero-order chi connectivity index (χ0) is 11.1. The lowest BCUT2D eigenvalue weighted by Crippen LogP contribution is -2.34. The normalized spacial score (nSPS) is 19.1. The summed E-state index contributed by atoms with van der Waals surface area (Å²) < 4.78 is 0. The number of nitrogens with one attached hydrogen (secondary N) is 1. The van der Waals surface area contributed by atoms with Crippen LogP contribution in [0.25, 0.3) is 0 Å². The van der Waals surface area contributed by atoms with Crippen molar-refractivity contribution < 1.29 is 9.90 Å². The molecule has 1 aliphatic rings. The first kappa shape index (κ1) is 12.8. The molecule has 0 bridgehead atoms. The molecule has 2 N–H and O–H groups in total. The van der Waals surface area contributed by atoms with Crippen LogP contribution in [0.15, 0.2) is 0 Å². The molecule has 1 rings (SSSR count). The van der Waals surface area contributed by atoms with Gasteiger partial charge in [-0.15, -0.1) is 11.8 Å². The summed E-state index contributed by atoms with van der Waals surface area (Å²) in [5.41, 5.74) is 0. The van der Waals surface area contributed by atoms with Gasteiger partial charge in [0.25, 0.3) is 0 Å². The molecule has 0 aliphatic heterocycles. The van der Waals surface area contributed by atoms with Crippen molar-refractivity contribution in [3.8, 4) is 0 Å². The van der Waals surface area contributed by atoms with Crippen LogP contribution in [0, 0.1) is 0 Å². The van der Waals surface area contributed by atoms with Crippen molar-refractivity contribution in [2.75, 3.05) is 12.4 Å². The van der Waals surface area contributed by atoms with Gasteiger partial charge in [-0.3, -0.25) is 4.79 Å². The third-order valence-electron chi connectivity index (χ3n) is 2.75. The lowest BCUT2D eigenvalue weighted by molar-refractivity contribution is -0.119. The highest BCUT2D eigenvalue weighted by atomic mass is 32.2. The second kappa shape index (κ2) is 7.12. The summed E-state index contributed by atoms with van der Waals surface area (Å²) in [5, 5.41) is 12.1. The Morgan fingerprint density at radius 2 is 2.20 bits per heavy atom. The molecule has 0 heterocycles. The van der Waals surface area contributed by atoms with Crippen LogP contribution in [-0.2, 0) is 4.79 Å². The van der Waals surface area contributed by atoms with Crippen molar-refractivity contribution >= 4 is 17.7 Å². The number of aliphatic hydroxyl groups is 1. The number of hydrogen-bond acceptors (Lipinski definition) is 3. The lowest BCUT2D eigenvalue weighted by Gasteiger charge is -2.13. The molecule has 1 fully saturated rings. The van der Waals surface area contributed by atoms with E-state index in [1.165, 1.54) is 12.8 Å². The van der Waals surface area contributed by atoms with Crippen LogP contribution in [0.4, 0.5) is 0 Å². The summed E-state index contributed by atoms with van der Waals surface area (Å²) in [6.07, 6.45) is 5.55. The van der Waals surface area contributed by atoms with E-state index in [9.17, 15) is 4.79 Å². The maximum atomic E-state index is 11.5. The predicted molar refractivity (Wildman–Crippen MR) is 64.0 cm³/mol. The first-order valence-corrected chi connectivity index (χ1v) is 6.79. The SMILES string of the molecule is CC(CCO)SCC(=O)NC1CCCC1. The fourth-order valence-corrected chi connectivity index (χ4v) is 2.61. The van der Waals surface area contributed by atoms with Crippen LogP contribution >= 0.6 is 11.8 Å². The van der Waals surface area contributed by atoms with Crippen molar-refractivity contribution in [1.29, 1.82) is 0 Å². The van der Waals surface area contributed by atoms with E-state index in [0.717, 1.165) is 19.3 Å². The van der Waals surface area contributed by atoms with Gasteiger partial charge in [-0.05, 0) is 19.3 Å². The average Bonchev–Trinajstić information content (AvgIpc) is 2.68. The second-order valence-corrected chi connectivity index (χ2v) is 5.61. The van der Waals surface area contributed by atoms with E-state index in [-0.39, 0.29) is 12.5 Å². The van der Waals surface area contributed by atoms with Gasteiger partial charge in [0.05, 0.1) is 5.75 Å². The Bertz CT molecular complexity index is 193. The van der Waals surface area contributed by atoms with Crippen LogP contribution < -0.4 is 5.32 Å². The number of amides is 1. The molecule has 0 radical (unpaired) electrons. The topological polar surface area (TPSA) is 49.3 Å². The van der Waals surface area contributed by atoms with Crippen molar-refractivity contribution in [2.24, 2.45) is 0 Å². The third-order valence-corrected chi connectivity index (χ3v) is 3.99. The molecule has 0 spiro atoms. The van der Waals surface area contributed by atoms with Gasteiger partial charge in [0, 0.05) is 17.9 Å². The van der Waals surface area contributed by atoms with E-state index in [2.05, 4.69) is 5.32 Å². The molecule has 0 saturated heterocycles. The van der Waals surface area contributed by atoms with Gasteiger partial charge < -0.3 is 10.4 Å². The maximum Gasteiger partial charge on any atom is 0.230 e. The summed E-state index contributed by atoms with van der Waals surface area (Å²) in [6.45, 7) is 2.25. The molecule has 4 heteroatoms. The smallest absolute Gasteiger partial charge is 0.230 e. The van der Waals surface area contributed by atoms with Gasteiger partial charge in [-0.2, -0.15) is 0 Å². The highest BCUT2D eigenvalue weighted by Crippen LogP contribution is 2.18. The molecule has 1 aliphatic carbocycles. The Labute approximate surface area is 96.0 Å². The zero-order valence-corrected chi connectivity index (χ0v) is 10.2. The number of carbonyl (C=O) groups excluding carboxylic acids is 1. The van der Waals surface area contributed by atoms with Gasteiger partial charge in [-0.1, -0.05) is 19.8 Å². The van der Waals surface area contributed by atoms with Crippen LogP contribution in [0.2, 0.25) is 0 Å². The van der Waals surface area contributed by atoms with E-state index < -0.39 is 0 Å². The molecule has 3 nitrogen and oxygen atoms in total. The van der Waals surface area contributed by atoms with E-state index >= 15 is 0 Å². The Morgan fingerprint density at radius 3 is 2.80 bits per heavy atom. The van der Waals surface area contributed by atoms with E-state index in [1.54, 1.807) is 11.8 Å². The van der Waals surface area contributed by atoms with Crippen LogP contribution in [0.5, 0.6) is 0 Å².